The quantitative estimate of drug-likeness (QED) is 0.250. The molecular weight excluding hydrogens is 460 g/mol. The van der Waals surface area contributed by atoms with E-state index < -0.39 is 4.92 Å². The maximum atomic E-state index is 12.6. The number of anilines is 1. The third-order valence-corrected chi connectivity index (χ3v) is 5.91. The third kappa shape index (κ3) is 6.38. The van der Waals surface area contributed by atoms with Gasteiger partial charge in [0.2, 0.25) is 0 Å². The van der Waals surface area contributed by atoms with Gasteiger partial charge in [-0.3, -0.25) is 20.3 Å². The van der Waals surface area contributed by atoms with Crippen molar-refractivity contribution in [3.8, 4) is 11.5 Å². The minimum Gasteiger partial charge on any atom is -0.493 e. The zero-order valence-electron chi connectivity index (χ0n) is 20.1. The molecule has 1 aliphatic rings. The maximum absolute atomic E-state index is 12.6. The van der Waals surface area contributed by atoms with Crippen LogP contribution in [0.5, 0.6) is 11.5 Å². The number of hydrogen-bond donors (Lipinski definition) is 1. The number of non-ortho nitro benzene ring substituents is 1. The Bertz CT molecular complexity index is 1220. The number of likely N-dealkylation sites (tertiary alicyclic amines) is 1. The first-order valence-corrected chi connectivity index (χ1v) is 11.8. The van der Waals surface area contributed by atoms with Crippen molar-refractivity contribution in [2.45, 2.75) is 25.9 Å². The summed E-state index contributed by atoms with van der Waals surface area (Å²) >= 11 is 0. The van der Waals surface area contributed by atoms with Crippen molar-refractivity contribution < 1.29 is 19.2 Å². The number of carbonyl (C=O) groups is 1. The van der Waals surface area contributed by atoms with Crippen LogP contribution in [0.15, 0.2) is 71.8 Å². The number of rotatable bonds is 9. The summed E-state index contributed by atoms with van der Waals surface area (Å²) in [6, 6.07) is 19.0. The Morgan fingerprint density at radius 1 is 1.03 bits per heavy atom. The zero-order valence-corrected chi connectivity index (χ0v) is 20.1. The highest BCUT2D eigenvalue weighted by molar-refractivity contribution is 5.94. The van der Waals surface area contributed by atoms with Crippen LogP contribution in [-0.2, 0) is 6.61 Å². The second-order valence-corrected chi connectivity index (χ2v) is 8.42. The molecule has 0 atom stereocenters. The van der Waals surface area contributed by atoms with E-state index in [1.165, 1.54) is 18.6 Å². The van der Waals surface area contributed by atoms with Gasteiger partial charge in [-0.05, 0) is 72.9 Å². The van der Waals surface area contributed by atoms with Gasteiger partial charge in [-0.15, -0.1) is 0 Å². The highest BCUT2D eigenvalue weighted by atomic mass is 16.6. The molecule has 0 bridgehead atoms. The fourth-order valence-electron chi connectivity index (χ4n) is 3.91. The number of nitrogens with zero attached hydrogens (tertiary/aromatic N) is 3. The Hall–Kier alpha value is -4.40. The minimum atomic E-state index is -0.449. The number of ether oxygens (including phenoxy) is 2. The van der Waals surface area contributed by atoms with Crippen LogP contribution < -0.4 is 14.9 Å². The molecule has 1 saturated heterocycles. The molecule has 1 heterocycles. The molecule has 0 spiro atoms. The molecule has 186 valence electrons. The molecule has 36 heavy (non-hydrogen) atoms. The monoisotopic (exact) mass is 488 g/mol. The molecule has 0 unspecified atom stereocenters. The summed E-state index contributed by atoms with van der Waals surface area (Å²) in [5.74, 6) is 1.24. The van der Waals surface area contributed by atoms with Gasteiger partial charge in [-0.25, -0.2) is 0 Å². The van der Waals surface area contributed by atoms with E-state index in [1.807, 2.05) is 35.2 Å². The molecular formula is C27H28N4O5. The number of nitro groups is 1. The summed E-state index contributed by atoms with van der Waals surface area (Å²) < 4.78 is 11.4. The largest absolute Gasteiger partial charge is 0.493 e. The summed E-state index contributed by atoms with van der Waals surface area (Å²) in [6.07, 6.45) is 4.95. The van der Waals surface area contributed by atoms with Gasteiger partial charge in [-0.2, -0.15) is 5.10 Å². The van der Waals surface area contributed by atoms with E-state index in [0.29, 0.717) is 29.4 Å². The lowest BCUT2D eigenvalue weighted by molar-refractivity contribution is -0.384. The fourth-order valence-corrected chi connectivity index (χ4v) is 3.91. The molecule has 0 aromatic heterocycles. The Morgan fingerprint density at radius 2 is 1.75 bits per heavy atom. The topological polar surface area (TPSA) is 106 Å². The first-order valence-electron chi connectivity index (χ1n) is 11.8. The molecule has 1 fully saturated rings. The number of hydrogen-bond acceptors (Lipinski definition) is 7. The summed E-state index contributed by atoms with van der Waals surface area (Å²) in [7, 11) is 1.57. The Morgan fingerprint density at radius 3 is 2.42 bits per heavy atom. The molecule has 9 nitrogen and oxygen atoms in total. The molecule has 1 aliphatic heterocycles. The zero-order chi connectivity index (χ0) is 25.3. The molecule has 1 amide bonds. The number of nitrogens with one attached hydrogen (secondary N) is 1. The summed E-state index contributed by atoms with van der Waals surface area (Å²) in [6.45, 7) is 2.00. The van der Waals surface area contributed by atoms with Crippen LogP contribution in [0, 0.1) is 10.1 Å². The highest BCUT2D eigenvalue weighted by Crippen LogP contribution is 2.28. The molecule has 3 aromatic rings. The van der Waals surface area contributed by atoms with Crippen molar-refractivity contribution in [2.24, 2.45) is 5.10 Å². The summed E-state index contributed by atoms with van der Waals surface area (Å²) in [5.41, 5.74) is 5.92. The molecule has 4 rings (SSSR count). The van der Waals surface area contributed by atoms with Crippen LogP contribution >= 0.6 is 0 Å². The van der Waals surface area contributed by atoms with E-state index in [9.17, 15) is 14.9 Å². The van der Waals surface area contributed by atoms with E-state index in [-0.39, 0.29) is 11.6 Å². The van der Waals surface area contributed by atoms with Crippen molar-refractivity contribution >= 4 is 23.5 Å². The predicted molar refractivity (Wildman–Crippen MR) is 138 cm³/mol. The van der Waals surface area contributed by atoms with Gasteiger partial charge in [-0.1, -0.05) is 12.1 Å². The van der Waals surface area contributed by atoms with Crippen LogP contribution in [0.3, 0.4) is 0 Å². The molecule has 3 aromatic carbocycles. The van der Waals surface area contributed by atoms with Gasteiger partial charge < -0.3 is 14.4 Å². The second-order valence-electron chi connectivity index (χ2n) is 8.42. The number of carbonyl (C=O) groups excluding carboxylic acids is 1. The standard InChI is InChI=1S/C27H28N4O5/c1-35-26-17-21(18-28-29-23-10-12-24(13-11-23)31(33)34)7-14-25(26)36-19-20-5-8-22(9-6-20)27(32)30-15-3-2-4-16-30/h5-14,17-18,29H,2-4,15-16,19H2,1H3/b28-18-. The van der Waals surface area contributed by atoms with E-state index in [1.54, 1.807) is 37.6 Å². The van der Waals surface area contributed by atoms with Crippen molar-refractivity contribution in [1.82, 2.24) is 4.90 Å². The van der Waals surface area contributed by atoms with Gasteiger partial charge in [0.05, 0.1) is 23.9 Å². The van der Waals surface area contributed by atoms with Crippen LogP contribution in [0.2, 0.25) is 0 Å². The second kappa shape index (κ2) is 11.8. The van der Waals surface area contributed by atoms with Gasteiger partial charge in [0.25, 0.3) is 11.6 Å². The Balaban J connectivity index is 1.33. The minimum absolute atomic E-state index is 0.0201. The summed E-state index contributed by atoms with van der Waals surface area (Å²) in [4.78, 5) is 24.9. The van der Waals surface area contributed by atoms with E-state index in [0.717, 1.165) is 37.1 Å². The number of methoxy groups -OCH3 is 1. The first-order chi connectivity index (χ1) is 17.5. The first kappa shape index (κ1) is 24.7. The number of piperidine rings is 1. The predicted octanol–water partition coefficient (Wildman–Crippen LogP) is 5.25. The van der Waals surface area contributed by atoms with Gasteiger partial charge in [0.1, 0.15) is 6.61 Å². The Kier molecular flexibility index (Phi) is 8.12. The van der Waals surface area contributed by atoms with Crippen molar-refractivity contribution in [3.63, 3.8) is 0 Å². The van der Waals surface area contributed by atoms with Gasteiger partial charge in [0, 0.05) is 30.8 Å². The number of nitro benzene ring substituents is 1. The highest BCUT2D eigenvalue weighted by Gasteiger charge is 2.18. The average molecular weight is 489 g/mol. The molecule has 0 radical (unpaired) electrons. The van der Waals surface area contributed by atoms with Crippen molar-refractivity contribution in [3.05, 3.63) is 93.5 Å². The van der Waals surface area contributed by atoms with Crippen LogP contribution in [0.1, 0.15) is 40.7 Å². The molecule has 1 N–H and O–H groups in total. The number of benzene rings is 3. The van der Waals surface area contributed by atoms with E-state index >= 15 is 0 Å². The molecule has 0 saturated carbocycles. The van der Waals surface area contributed by atoms with Gasteiger partial charge in [0.15, 0.2) is 11.5 Å². The fraction of sp³-hybridized carbons (Fsp3) is 0.259. The SMILES string of the molecule is COc1cc(/C=N\Nc2ccc([N+](=O)[O-])cc2)ccc1OCc1ccc(C(=O)N2CCCCC2)cc1. The Labute approximate surface area is 209 Å². The van der Waals surface area contributed by atoms with E-state index in [2.05, 4.69) is 10.5 Å². The van der Waals surface area contributed by atoms with Crippen molar-refractivity contribution in [1.29, 1.82) is 0 Å². The normalized spacial score (nSPS) is 13.4. The number of amides is 1. The average Bonchev–Trinajstić information content (AvgIpc) is 2.93. The molecule has 0 aliphatic carbocycles. The lowest BCUT2D eigenvalue weighted by Gasteiger charge is -2.26. The lowest BCUT2D eigenvalue weighted by Crippen LogP contribution is -2.35. The third-order valence-electron chi connectivity index (χ3n) is 5.91. The smallest absolute Gasteiger partial charge is 0.269 e. The lowest BCUT2D eigenvalue weighted by atomic mass is 10.1. The van der Waals surface area contributed by atoms with Gasteiger partial charge >= 0.3 is 0 Å². The van der Waals surface area contributed by atoms with E-state index in [4.69, 9.17) is 9.47 Å². The van der Waals surface area contributed by atoms with Crippen molar-refractivity contribution in [2.75, 3.05) is 25.6 Å². The number of hydrazone groups is 1. The van der Waals surface area contributed by atoms with Crippen LogP contribution in [0.25, 0.3) is 0 Å². The van der Waals surface area contributed by atoms with Crippen LogP contribution in [-0.4, -0.2) is 42.1 Å². The maximum Gasteiger partial charge on any atom is 0.269 e. The molecule has 9 heteroatoms. The van der Waals surface area contributed by atoms with Crippen LogP contribution in [0.4, 0.5) is 11.4 Å². The summed E-state index contributed by atoms with van der Waals surface area (Å²) in [5, 5.41) is 14.9.